The van der Waals surface area contributed by atoms with Gasteiger partial charge in [-0.2, -0.15) is 0 Å². The topological polar surface area (TPSA) is 47.8 Å². The monoisotopic (exact) mass is 325 g/mol. The van der Waals surface area contributed by atoms with Gasteiger partial charge >= 0.3 is 0 Å². The van der Waals surface area contributed by atoms with Crippen LogP contribution in [-0.4, -0.2) is 19.0 Å². The van der Waals surface area contributed by atoms with Crippen LogP contribution in [0, 0.1) is 6.92 Å². The van der Waals surface area contributed by atoms with Crippen molar-refractivity contribution in [3.63, 3.8) is 0 Å². The van der Waals surface area contributed by atoms with Crippen LogP contribution in [0.25, 0.3) is 5.69 Å². The van der Waals surface area contributed by atoms with Gasteiger partial charge in [0.25, 0.3) is 6.43 Å². The van der Waals surface area contributed by atoms with E-state index < -0.39 is 22.3 Å². The molecule has 1 unspecified atom stereocenters. The molecule has 0 aliphatic carbocycles. The maximum absolute atomic E-state index is 12.4. The third kappa shape index (κ3) is 2.93. The molecule has 1 atom stereocenters. The predicted molar refractivity (Wildman–Crippen MR) is 68.3 cm³/mol. The number of nitrogens with zero attached hydrogens (tertiary/aromatic N) is 3. The summed E-state index contributed by atoms with van der Waals surface area (Å²) in [5.41, 5.74) is 0.923. The lowest BCUT2D eigenvalue weighted by Crippen LogP contribution is -2.00. The lowest BCUT2D eigenvalue weighted by atomic mass is 10.2. The van der Waals surface area contributed by atoms with Crippen LogP contribution in [0.3, 0.4) is 0 Å². The van der Waals surface area contributed by atoms with Crippen LogP contribution < -0.4 is 0 Å². The fraction of sp³-hybridized carbons (Fsp3) is 0.200. The smallest absolute Gasteiger partial charge is 0.237 e. The summed E-state index contributed by atoms with van der Waals surface area (Å²) in [6, 6.07) is 2.97. The molecule has 0 amide bonds. The molecule has 0 N–H and O–H groups in total. The molecule has 4 nitrogen and oxygen atoms in total. The van der Waals surface area contributed by atoms with E-state index in [1.54, 1.807) is 6.92 Å². The van der Waals surface area contributed by atoms with Gasteiger partial charge in [0.2, 0.25) is 5.82 Å². The van der Waals surface area contributed by atoms with Gasteiger partial charge in [-0.05, 0) is 35.3 Å². The second-order valence-electron chi connectivity index (χ2n) is 3.64. The van der Waals surface area contributed by atoms with Crippen LogP contribution in [0.15, 0.2) is 23.4 Å². The maximum Gasteiger partial charge on any atom is 0.299 e. The van der Waals surface area contributed by atoms with Crippen molar-refractivity contribution in [2.45, 2.75) is 18.2 Å². The Morgan fingerprint density at radius 2 is 2.11 bits per heavy atom. The number of aromatic nitrogens is 3. The van der Waals surface area contributed by atoms with Gasteiger partial charge in [0, 0.05) is 0 Å². The van der Waals surface area contributed by atoms with Crippen molar-refractivity contribution in [3.8, 4) is 5.69 Å². The first-order valence-electron chi connectivity index (χ1n) is 4.98. The number of rotatable bonds is 3. The Bertz CT molecular complexity index is 648. The van der Waals surface area contributed by atoms with Crippen molar-refractivity contribution in [1.29, 1.82) is 0 Å². The molecule has 9 heteroatoms. The zero-order valence-corrected chi connectivity index (χ0v) is 11.8. The molecule has 1 heterocycles. The van der Waals surface area contributed by atoms with Gasteiger partial charge in [-0.3, -0.25) is 0 Å². The van der Waals surface area contributed by atoms with Crippen molar-refractivity contribution >= 4 is 32.3 Å². The Labute approximate surface area is 119 Å². The summed E-state index contributed by atoms with van der Waals surface area (Å²) in [6.45, 7) is 1.69. The minimum atomic E-state index is -2.77. The van der Waals surface area contributed by atoms with E-state index in [1.165, 1.54) is 12.1 Å². The average molecular weight is 326 g/mol. The Morgan fingerprint density at radius 1 is 1.42 bits per heavy atom. The molecule has 0 aliphatic heterocycles. The Hall–Kier alpha value is -1.05. The highest BCUT2D eigenvalue weighted by Gasteiger charge is 2.16. The number of halogens is 4. The molecular weight excluding hydrogens is 319 g/mol. The van der Waals surface area contributed by atoms with Crippen molar-refractivity contribution in [2.75, 3.05) is 0 Å². The first-order chi connectivity index (χ1) is 8.90. The molecule has 2 aromatic rings. The highest BCUT2D eigenvalue weighted by atomic mass is 35.7. The molecule has 0 saturated heterocycles. The van der Waals surface area contributed by atoms with Gasteiger partial charge in [-0.1, -0.05) is 11.6 Å². The second-order valence-corrected chi connectivity index (χ2v) is 5.78. The van der Waals surface area contributed by atoms with Gasteiger partial charge in [-0.15, -0.1) is 5.10 Å². The average Bonchev–Trinajstić information content (AvgIpc) is 2.77. The predicted octanol–water partition coefficient (Wildman–Crippen LogP) is 3.43. The number of alkyl halides is 2. The van der Waals surface area contributed by atoms with Gasteiger partial charge in [0.15, 0.2) is 0 Å². The number of hydrogen-bond acceptors (Lipinski definition) is 3. The third-order valence-electron chi connectivity index (χ3n) is 2.37. The Balaban J connectivity index is 2.54. The highest BCUT2D eigenvalue weighted by molar-refractivity contribution is 8.08. The molecule has 102 valence electrons. The first kappa shape index (κ1) is 14.4. The summed E-state index contributed by atoms with van der Waals surface area (Å²) in [4.78, 5) is 3.81. The summed E-state index contributed by atoms with van der Waals surface area (Å²) in [6.07, 6.45) is -1.66. The van der Waals surface area contributed by atoms with Crippen molar-refractivity contribution in [3.05, 3.63) is 34.9 Å². The number of aryl methyl sites for hydroxylation is 1. The van der Waals surface area contributed by atoms with Crippen LogP contribution in [0.4, 0.5) is 8.78 Å². The van der Waals surface area contributed by atoms with E-state index in [4.69, 9.17) is 22.3 Å². The van der Waals surface area contributed by atoms with E-state index in [0.717, 1.165) is 11.0 Å². The Kier molecular flexibility index (Phi) is 4.17. The standard InChI is InChI=1S/C10H7Cl2F2N3OS/c1-5-2-6(11)7(3-8(5)19(12)18)17-4-15-10(16-17)9(13)14/h2-4,9H,1H3. The van der Waals surface area contributed by atoms with Gasteiger partial charge in [-0.25, -0.2) is 22.7 Å². The van der Waals surface area contributed by atoms with E-state index in [0.29, 0.717) is 10.5 Å². The van der Waals surface area contributed by atoms with Crippen LogP contribution in [0.5, 0.6) is 0 Å². The molecule has 0 saturated carbocycles. The zero-order valence-electron chi connectivity index (χ0n) is 9.48. The van der Waals surface area contributed by atoms with Crippen molar-refractivity contribution in [1.82, 2.24) is 14.8 Å². The zero-order chi connectivity index (χ0) is 14.2. The Morgan fingerprint density at radius 3 is 2.63 bits per heavy atom. The lowest BCUT2D eigenvalue weighted by Gasteiger charge is -2.08. The summed E-state index contributed by atoms with van der Waals surface area (Å²) < 4.78 is 37.3. The minimum Gasteiger partial charge on any atom is -0.237 e. The maximum atomic E-state index is 12.4. The number of hydrogen-bond donors (Lipinski definition) is 0. The van der Waals surface area contributed by atoms with Crippen molar-refractivity contribution in [2.24, 2.45) is 0 Å². The molecule has 19 heavy (non-hydrogen) atoms. The summed E-state index contributed by atoms with van der Waals surface area (Å²) in [7, 11) is 3.81. The molecule has 0 radical (unpaired) electrons. The van der Waals surface area contributed by atoms with Gasteiger partial charge in [0.05, 0.1) is 15.6 Å². The quantitative estimate of drug-likeness (QED) is 0.812. The second kappa shape index (κ2) is 5.52. The number of benzene rings is 1. The molecule has 2 rings (SSSR count). The van der Waals surface area contributed by atoms with Crippen LogP contribution in [0.1, 0.15) is 17.8 Å². The van der Waals surface area contributed by atoms with Crippen LogP contribution >= 0.6 is 22.3 Å². The molecule has 1 aromatic heterocycles. The molecule has 0 fully saturated rings. The SMILES string of the molecule is Cc1cc(Cl)c(-n2cnc(C(F)F)n2)cc1S(=O)Cl. The summed E-state index contributed by atoms with van der Waals surface area (Å²) in [5, 5.41) is 3.87. The molecule has 0 bridgehead atoms. The largest absolute Gasteiger partial charge is 0.299 e. The van der Waals surface area contributed by atoms with Crippen LogP contribution in [-0.2, 0) is 10.0 Å². The molecule has 0 aliphatic rings. The fourth-order valence-electron chi connectivity index (χ4n) is 1.48. The first-order valence-corrected chi connectivity index (χ1v) is 7.34. The van der Waals surface area contributed by atoms with E-state index in [9.17, 15) is 13.0 Å². The molecule has 1 aromatic carbocycles. The molecular formula is C10H7Cl2F2N3OS. The van der Waals surface area contributed by atoms with Gasteiger partial charge in [0.1, 0.15) is 16.3 Å². The van der Waals surface area contributed by atoms with Crippen LogP contribution in [0.2, 0.25) is 5.02 Å². The van der Waals surface area contributed by atoms with E-state index in [2.05, 4.69) is 10.1 Å². The lowest BCUT2D eigenvalue weighted by molar-refractivity contribution is 0.140. The van der Waals surface area contributed by atoms with E-state index in [1.807, 2.05) is 0 Å². The third-order valence-corrected chi connectivity index (χ3v) is 3.96. The fourth-order valence-corrected chi connectivity index (χ4v) is 2.80. The minimum absolute atomic E-state index is 0.272. The van der Waals surface area contributed by atoms with E-state index >= 15 is 0 Å². The normalized spacial score (nSPS) is 12.9. The van der Waals surface area contributed by atoms with Gasteiger partial charge < -0.3 is 0 Å². The van der Waals surface area contributed by atoms with Crippen molar-refractivity contribution < 1.29 is 13.0 Å². The summed E-state index contributed by atoms with van der Waals surface area (Å²) in [5.74, 6) is -0.606. The molecule has 0 spiro atoms. The summed E-state index contributed by atoms with van der Waals surface area (Å²) >= 11 is 6.01. The van der Waals surface area contributed by atoms with E-state index in [-0.39, 0.29) is 10.7 Å². The highest BCUT2D eigenvalue weighted by Crippen LogP contribution is 2.27.